The van der Waals surface area contributed by atoms with E-state index in [-0.39, 0.29) is 0 Å². The van der Waals surface area contributed by atoms with Gasteiger partial charge in [0.15, 0.2) is 0 Å². The molecule has 1 aliphatic rings. The van der Waals surface area contributed by atoms with Crippen LogP contribution in [0.2, 0.25) is 0 Å². The van der Waals surface area contributed by atoms with Crippen molar-refractivity contribution in [1.82, 2.24) is 0 Å². The smallest absolute Gasteiger partial charge is 0.127 e. The van der Waals surface area contributed by atoms with Crippen molar-refractivity contribution in [2.24, 2.45) is 0 Å². The van der Waals surface area contributed by atoms with Crippen LogP contribution in [0.3, 0.4) is 0 Å². The summed E-state index contributed by atoms with van der Waals surface area (Å²) in [4.78, 5) is 0.949. The molecular weight excluding hydrogens is 192 g/mol. The van der Waals surface area contributed by atoms with E-state index >= 15 is 0 Å². The molecule has 1 aromatic carbocycles. The average Bonchev–Trinajstić information content (AvgIpc) is 2.23. The highest BCUT2D eigenvalue weighted by Gasteiger charge is 2.02. The third-order valence-corrected chi connectivity index (χ3v) is 2.22. The first-order valence-electron chi connectivity index (χ1n) is 4.48. The van der Waals surface area contributed by atoms with Crippen LogP contribution in [0, 0.1) is 0 Å². The molecule has 0 atom stereocenters. The summed E-state index contributed by atoms with van der Waals surface area (Å²) in [6.45, 7) is 0. The summed E-state index contributed by atoms with van der Waals surface area (Å²) >= 11 is 5.04. The molecule has 0 unspecified atom stereocenters. The van der Waals surface area contributed by atoms with Gasteiger partial charge in [0.1, 0.15) is 11.5 Å². The zero-order chi connectivity index (χ0) is 9.80. The molecule has 1 nitrogen and oxygen atoms in total. The quantitative estimate of drug-likeness (QED) is 0.681. The lowest BCUT2D eigenvalue weighted by Crippen LogP contribution is -1.99. The molecule has 0 aromatic heterocycles. The van der Waals surface area contributed by atoms with Crippen molar-refractivity contribution >= 4 is 17.1 Å². The van der Waals surface area contributed by atoms with Crippen LogP contribution in [-0.2, 0) is 0 Å². The van der Waals surface area contributed by atoms with E-state index in [1.807, 2.05) is 48.6 Å². The molecular formula is C12H10OS. The van der Waals surface area contributed by atoms with Gasteiger partial charge in [-0.25, -0.2) is 0 Å². The molecule has 0 spiro atoms. The van der Waals surface area contributed by atoms with Gasteiger partial charge in [-0.1, -0.05) is 30.4 Å². The van der Waals surface area contributed by atoms with Crippen molar-refractivity contribution in [2.45, 2.75) is 6.42 Å². The number of hydrogen-bond donors (Lipinski definition) is 0. The van der Waals surface area contributed by atoms with Gasteiger partial charge in [-0.2, -0.15) is 0 Å². The lowest BCUT2D eigenvalue weighted by molar-refractivity contribution is 0.442. The van der Waals surface area contributed by atoms with Gasteiger partial charge in [0.05, 0.1) is 0 Å². The molecule has 0 saturated carbocycles. The normalized spacial score (nSPS) is 15.1. The van der Waals surface area contributed by atoms with Crippen molar-refractivity contribution in [1.29, 1.82) is 0 Å². The summed E-state index contributed by atoms with van der Waals surface area (Å²) in [6, 6.07) is 9.73. The van der Waals surface area contributed by atoms with Crippen LogP contribution in [0.25, 0.3) is 0 Å². The summed E-state index contributed by atoms with van der Waals surface area (Å²) in [6.07, 6.45) is 6.61. The SMILES string of the molecule is S=C1C=CC(Oc2ccccc2)=CC1. The lowest BCUT2D eigenvalue weighted by atomic mass is 10.2. The number of rotatable bonds is 2. The fourth-order valence-electron chi connectivity index (χ4n) is 1.21. The molecule has 0 amide bonds. The third-order valence-electron chi connectivity index (χ3n) is 1.92. The number of hydrogen-bond acceptors (Lipinski definition) is 2. The minimum Gasteiger partial charge on any atom is -0.458 e. The van der Waals surface area contributed by atoms with Crippen molar-refractivity contribution in [3.8, 4) is 5.75 Å². The molecule has 2 heteroatoms. The van der Waals surface area contributed by atoms with E-state index in [9.17, 15) is 0 Å². The summed E-state index contributed by atoms with van der Waals surface area (Å²) < 4.78 is 5.62. The number of allylic oxidation sites excluding steroid dienone is 3. The maximum atomic E-state index is 5.62. The Morgan fingerprint density at radius 2 is 1.86 bits per heavy atom. The van der Waals surface area contributed by atoms with E-state index in [4.69, 9.17) is 17.0 Å². The Bertz CT molecular complexity index is 390. The number of ether oxygens (including phenoxy) is 1. The van der Waals surface area contributed by atoms with Crippen LogP contribution in [0.4, 0.5) is 0 Å². The zero-order valence-corrected chi connectivity index (χ0v) is 8.46. The van der Waals surface area contributed by atoms with Crippen molar-refractivity contribution in [2.75, 3.05) is 0 Å². The van der Waals surface area contributed by atoms with Crippen molar-refractivity contribution < 1.29 is 4.74 Å². The Balaban J connectivity index is 2.06. The van der Waals surface area contributed by atoms with Crippen LogP contribution >= 0.6 is 12.2 Å². The molecule has 0 fully saturated rings. The van der Waals surface area contributed by atoms with Gasteiger partial charge in [-0.15, -0.1) is 0 Å². The van der Waals surface area contributed by atoms with Crippen molar-refractivity contribution in [3.63, 3.8) is 0 Å². The van der Waals surface area contributed by atoms with Crippen molar-refractivity contribution in [3.05, 3.63) is 54.3 Å². The standard InChI is InChI=1S/C12H10OS/c14-12-8-6-11(7-9-12)13-10-4-2-1-3-5-10/h1-8H,9H2. The molecule has 14 heavy (non-hydrogen) atoms. The van der Waals surface area contributed by atoms with E-state index in [0.29, 0.717) is 0 Å². The van der Waals surface area contributed by atoms with Crippen LogP contribution < -0.4 is 4.74 Å². The van der Waals surface area contributed by atoms with Crippen LogP contribution in [0.15, 0.2) is 54.3 Å². The molecule has 0 aliphatic heterocycles. The molecule has 0 bridgehead atoms. The molecule has 0 radical (unpaired) electrons. The molecule has 1 aromatic rings. The number of para-hydroxylation sites is 1. The van der Waals surface area contributed by atoms with Gasteiger partial charge in [0.25, 0.3) is 0 Å². The Morgan fingerprint density at radius 3 is 2.50 bits per heavy atom. The topological polar surface area (TPSA) is 9.23 Å². The van der Waals surface area contributed by atoms with E-state index in [2.05, 4.69) is 0 Å². The molecule has 0 saturated heterocycles. The largest absolute Gasteiger partial charge is 0.458 e. The molecule has 1 aliphatic carbocycles. The van der Waals surface area contributed by atoms with Gasteiger partial charge in [-0.3, -0.25) is 0 Å². The van der Waals surface area contributed by atoms with E-state index in [0.717, 1.165) is 22.8 Å². The first-order chi connectivity index (χ1) is 6.84. The minimum atomic E-state index is 0.800. The third kappa shape index (κ3) is 2.30. The fourth-order valence-corrected chi connectivity index (χ4v) is 1.36. The van der Waals surface area contributed by atoms with Crippen LogP contribution in [0.5, 0.6) is 5.75 Å². The number of benzene rings is 1. The van der Waals surface area contributed by atoms with Gasteiger partial charge in [0, 0.05) is 11.3 Å². The molecule has 0 heterocycles. The second-order valence-corrected chi connectivity index (χ2v) is 3.55. The summed E-state index contributed by atoms with van der Waals surface area (Å²) in [5, 5.41) is 0. The lowest BCUT2D eigenvalue weighted by Gasteiger charge is -2.09. The van der Waals surface area contributed by atoms with Gasteiger partial charge in [-0.05, 0) is 30.4 Å². The second-order valence-electron chi connectivity index (χ2n) is 3.03. The minimum absolute atomic E-state index is 0.800. The highest BCUT2D eigenvalue weighted by atomic mass is 32.1. The van der Waals surface area contributed by atoms with Gasteiger partial charge < -0.3 is 4.74 Å². The van der Waals surface area contributed by atoms with E-state index in [1.165, 1.54) is 0 Å². The maximum Gasteiger partial charge on any atom is 0.127 e. The first kappa shape index (κ1) is 9.16. The highest BCUT2D eigenvalue weighted by Crippen LogP contribution is 2.16. The van der Waals surface area contributed by atoms with Gasteiger partial charge in [0.2, 0.25) is 0 Å². The Kier molecular flexibility index (Phi) is 2.75. The first-order valence-corrected chi connectivity index (χ1v) is 4.89. The summed E-state index contributed by atoms with van der Waals surface area (Å²) in [7, 11) is 0. The Morgan fingerprint density at radius 1 is 1.07 bits per heavy atom. The van der Waals surface area contributed by atoms with E-state index in [1.54, 1.807) is 0 Å². The predicted molar refractivity (Wildman–Crippen MR) is 61.5 cm³/mol. The molecule has 0 N–H and O–H groups in total. The Hall–Kier alpha value is -1.41. The summed E-state index contributed by atoms with van der Waals surface area (Å²) in [5.41, 5.74) is 0. The zero-order valence-electron chi connectivity index (χ0n) is 7.64. The predicted octanol–water partition coefficient (Wildman–Crippen LogP) is 3.28. The fraction of sp³-hybridized carbons (Fsp3) is 0.0833. The summed E-state index contributed by atoms with van der Waals surface area (Å²) in [5.74, 6) is 1.72. The molecule has 70 valence electrons. The van der Waals surface area contributed by atoms with Crippen LogP contribution in [0.1, 0.15) is 6.42 Å². The van der Waals surface area contributed by atoms with Gasteiger partial charge >= 0.3 is 0 Å². The molecule has 2 rings (SSSR count). The Labute approximate surface area is 88.7 Å². The maximum absolute atomic E-state index is 5.62. The second kappa shape index (κ2) is 4.20. The monoisotopic (exact) mass is 202 g/mol. The number of thiocarbonyl (C=S) groups is 1. The van der Waals surface area contributed by atoms with E-state index < -0.39 is 0 Å². The van der Waals surface area contributed by atoms with Crippen LogP contribution in [-0.4, -0.2) is 4.86 Å². The average molecular weight is 202 g/mol. The highest BCUT2D eigenvalue weighted by molar-refractivity contribution is 7.80.